The average molecular weight is 251 g/mol. The molecule has 0 spiro atoms. The van der Waals surface area contributed by atoms with Crippen LogP contribution in [-0.2, 0) is 16.0 Å². The second-order valence-corrected chi connectivity index (χ2v) is 5.31. The molecule has 1 heterocycles. The summed E-state index contributed by atoms with van der Waals surface area (Å²) < 4.78 is 4.67. The van der Waals surface area contributed by atoms with Gasteiger partial charge in [0.15, 0.2) is 0 Å². The zero-order valence-corrected chi connectivity index (χ0v) is 11.0. The van der Waals surface area contributed by atoms with Crippen LogP contribution < -0.4 is 4.90 Å². The van der Waals surface area contributed by atoms with Gasteiger partial charge < -0.3 is 9.64 Å². The molecule has 0 radical (unpaired) electrons. The van der Waals surface area contributed by atoms with Crippen LogP contribution in [0.15, 0.2) is 23.1 Å². The van der Waals surface area contributed by atoms with Crippen molar-refractivity contribution in [1.82, 2.24) is 0 Å². The lowest BCUT2D eigenvalue weighted by atomic mass is 10.1. The van der Waals surface area contributed by atoms with E-state index in [1.807, 2.05) is 23.7 Å². The van der Waals surface area contributed by atoms with Gasteiger partial charge >= 0.3 is 5.97 Å². The van der Waals surface area contributed by atoms with Gasteiger partial charge in [0.2, 0.25) is 0 Å². The summed E-state index contributed by atoms with van der Waals surface area (Å²) in [4.78, 5) is 14.5. The number of fused-ring (bicyclic) bond motifs is 1. The summed E-state index contributed by atoms with van der Waals surface area (Å²) in [5.41, 5.74) is 2.48. The van der Waals surface area contributed by atoms with Gasteiger partial charge in [0, 0.05) is 17.6 Å². The van der Waals surface area contributed by atoms with E-state index in [0.29, 0.717) is 6.54 Å². The molecule has 4 heteroatoms. The standard InChI is InChI=1S/C13H17NO2S/c1-14(9-13(15)16-2)11-5-6-12-10(8-11)4-3-7-17-12/h5-6,8H,3-4,7,9H2,1-2H3. The van der Waals surface area contributed by atoms with Crippen LogP contribution >= 0.6 is 11.8 Å². The van der Waals surface area contributed by atoms with Crippen LogP contribution in [0.3, 0.4) is 0 Å². The van der Waals surface area contributed by atoms with Crippen molar-refractivity contribution in [2.75, 3.05) is 31.4 Å². The lowest BCUT2D eigenvalue weighted by Gasteiger charge is -2.21. The van der Waals surface area contributed by atoms with Gasteiger partial charge in [-0.3, -0.25) is 4.79 Å². The summed E-state index contributed by atoms with van der Waals surface area (Å²) in [5, 5.41) is 0. The highest BCUT2D eigenvalue weighted by Crippen LogP contribution is 2.32. The lowest BCUT2D eigenvalue weighted by molar-refractivity contribution is -0.138. The molecule has 0 N–H and O–H groups in total. The number of carbonyl (C=O) groups excluding carboxylic acids is 1. The molecule has 92 valence electrons. The minimum absolute atomic E-state index is 0.209. The summed E-state index contributed by atoms with van der Waals surface area (Å²) >= 11 is 1.92. The highest BCUT2D eigenvalue weighted by molar-refractivity contribution is 7.99. The van der Waals surface area contributed by atoms with E-state index in [0.717, 1.165) is 12.1 Å². The summed E-state index contributed by atoms with van der Waals surface area (Å²) in [6, 6.07) is 6.41. The molecule has 0 bridgehead atoms. The van der Waals surface area contributed by atoms with Crippen LogP contribution in [0.1, 0.15) is 12.0 Å². The number of rotatable bonds is 3. The molecule has 0 saturated carbocycles. The van der Waals surface area contributed by atoms with Crippen LogP contribution in [0.25, 0.3) is 0 Å². The molecule has 2 rings (SSSR count). The van der Waals surface area contributed by atoms with Crippen molar-refractivity contribution in [2.24, 2.45) is 0 Å². The molecule has 1 aromatic carbocycles. The number of hydrogen-bond acceptors (Lipinski definition) is 4. The number of hydrogen-bond donors (Lipinski definition) is 0. The predicted molar refractivity (Wildman–Crippen MR) is 70.8 cm³/mol. The molecule has 1 aromatic rings. The molecular formula is C13H17NO2S. The number of thioether (sulfide) groups is 1. The van der Waals surface area contributed by atoms with E-state index in [4.69, 9.17) is 0 Å². The number of likely N-dealkylation sites (N-methyl/N-ethyl adjacent to an activating group) is 1. The molecule has 0 fully saturated rings. The maximum Gasteiger partial charge on any atom is 0.325 e. The quantitative estimate of drug-likeness (QED) is 0.771. The smallest absolute Gasteiger partial charge is 0.325 e. The van der Waals surface area contributed by atoms with Gasteiger partial charge in [-0.1, -0.05) is 0 Å². The van der Waals surface area contributed by atoms with Crippen LogP contribution in [0.4, 0.5) is 5.69 Å². The Morgan fingerprint density at radius 2 is 2.35 bits per heavy atom. The van der Waals surface area contributed by atoms with Crippen LogP contribution in [0.2, 0.25) is 0 Å². The number of ether oxygens (including phenoxy) is 1. The molecule has 0 aromatic heterocycles. The molecular weight excluding hydrogens is 234 g/mol. The van der Waals surface area contributed by atoms with E-state index in [1.165, 1.54) is 29.7 Å². The lowest BCUT2D eigenvalue weighted by Crippen LogP contribution is -2.26. The van der Waals surface area contributed by atoms with Crippen molar-refractivity contribution in [3.8, 4) is 0 Å². The second kappa shape index (κ2) is 5.45. The highest BCUT2D eigenvalue weighted by Gasteiger charge is 2.13. The van der Waals surface area contributed by atoms with Crippen molar-refractivity contribution in [3.63, 3.8) is 0 Å². The number of methoxy groups -OCH3 is 1. The van der Waals surface area contributed by atoms with Crippen molar-refractivity contribution >= 4 is 23.4 Å². The van der Waals surface area contributed by atoms with Gasteiger partial charge in [0.1, 0.15) is 6.54 Å². The average Bonchev–Trinajstić information content (AvgIpc) is 2.38. The third kappa shape index (κ3) is 2.94. The fraction of sp³-hybridized carbons (Fsp3) is 0.462. The molecule has 17 heavy (non-hydrogen) atoms. The summed E-state index contributed by atoms with van der Waals surface area (Å²) in [7, 11) is 3.33. The molecule has 1 aliphatic rings. The number of anilines is 1. The number of aryl methyl sites for hydroxylation is 1. The first-order valence-electron chi connectivity index (χ1n) is 5.74. The number of esters is 1. The first-order valence-corrected chi connectivity index (χ1v) is 6.73. The maximum atomic E-state index is 11.2. The Labute approximate surface area is 106 Å². The minimum Gasteiger partial charge on any atom is -0.468 e. The molecule has 0 unspecified atom stereocenters. The minimum atomic E-state index is -0.209. The zero-order chi connectivity index (χ0) is 12.3. The van der Waals surface area contributed by atoms with Gasteiger partial charge in [-0.15, -0.1) is 11.8 Å². The van der Waals surface area contributed by atoms with Gasteiger partial charge in [-0.25, -0.2) is 0 Å². The summed E-state index contributed by atoms with van der Waals surface area (Å²) in [6.45, 7) is 0.294. The van der Waals surface area contributed by atoms with Crippen molar-refractivity contribution in [3.05, 3.63) is 23.8 Å². The topological polar surface area (TPSA) is 29.5 Å². The molecule has 3 nitrogen and oxygen atoms in total. The van der Waals surface area contributed by atoms with Gasteiger partial charge in [-0.2, -0.15) is 0 Å². The van der Waals surface area contributed by atoms with Crippen LogP contribution in [0, 0.1) is 0 Å². The normalized spacial score (nSPS) is 14.0. The van der Waals surface area contributed by atoms with E-state index in [1.54, 1.807) is 0 Å². The number of benzene rings is 1. The number of carbonyl (C=O) groups is 1. The van der Waals surface area contributed by atoms with Gasteiger partial charge in [0.05, 0.1) is 7.11 Å². The Hall–Kier alpha value is -1.16. The monoisotopic (exact) mass is 251 g/mol. The van der Waals surface area contributed by atoms with Crippen LogP contribution in [0.5, 0.6) is 0 Å². The Balaban J connectivity index is 2.13. The third-order valence-electron chi connectivity index (χ3n) is 2.93. The maximum absolute atomic E-state index is 11.2. The zero-order valence-electron chi connectivity index (χ0n) is 10.2. The fourth-order valence-electron chi connectivity index (χ4n) is 1.93. The van der Waals surface area contributed by atoms with E-state index in [2.05, 4.69) is 22.9 Å². The Morgan fingerprint density at radius 3 is 3.12 bits per heavy atom. The molecule has 0 aliphatic carbocycles. The summed E-state index contributed by atoms with van der Waals surface area (Å²) in [6.07, 6.45) is 2.38. The molecule has 1 aliphatic heterocycles. The first kappa shape index (κ1) is 12.3. The largest absolute Gasteiger partial charge is 0.468 e. The van der Waals surface area contributed by atoms with Gasteiger partial charge in [-0.05, 0) is 42.4 Å². The third-order valence-corrected chi connectivity index (χ3v) is 4.13. The first-order chi connectivity index (χ1) is 8.20. The van der Waals surface area contributed by atoms with E-state index in [9.17, 15) is 4.79 Å². The van der Waals surface area contributed by atoms with E-state index < -0.39 is 0 Å². The second-order valence-electron chi connectivity index (χ2n) is 4.18. The predicted octanol–water partition coefficient (Wildman–Crippen LogP) is 2.33. The van der Waals surface area contributed by atoms with Crippen molar-refractivity contribution in [1.29, 1.82) is 0 Å². The highest BCUT2D eigenvalue weighted by atomic mass is 32.2. The number of nitrogens with zero attached hydrogens (tertiary/aromatic N) is 1. The van der Waals surface area contributed by atoms with Crippen molar-refractivity contribution < 1.29 is 9.53 Å². The van der Waals surface area contributed by atoms with Crippen LogP contribution in [-0.4, -0.2) is 32.4 Å². The Morgan fingerprint density at radius 1 is 1.53 bits per heavy atom. The fourth-order valence-corrected chi connectivity index (χ4v) is 2.95. The molecule has 0 atom stereocenters. The summed E-state index contributed by atoms with van der Waals surface area (Å²) in [5.74, 6) is 1.00. The molecule has 0 amide bonds. The van der Waals surface area contributed by atoms with Crippen molar-refractivity contribution in [2.45, 2.75) is 17.7 Å². The Kier molecular flexibility index (Phi) is 3.94. The SMILES string of the molecule is COC(=O)CN(C)c1ccc2c(c1)CCCS2. The van der Waals surface area contributed by atoms with Gasteiger partial charge in [0.25, 0.3) is 0 Å². The van der Waals surface area contributed by atoms with E-state index in [-0.39, 0.29) is 5.97 Å². The molecule has 0 saturated heterocycles. The van der Waals surface area contributed by atoms with E-state index >= 15 is 0 Å². The Bertz CT molecular complexity index is 420.